The van der Waals surface area contributed by atoms with Crippen LogP contribution in [0.3, 0.4) is 0 Å². The van der Waals surface area contributed by atoms with Gasteiger partial charge >= 0.3 is 6.01 Å². The molecular weight excluding hydrogens is 357 g/mol. The first kappa shape index (κ1) is 17.4. The maximum atomic E-state index is 13.0. The zero-order valence-corrected chi connectivity index (χ0v) is 15.0. The van der Waals surface area contributed by atoms with Gasteiger partial charge in [0.1, 0.15) is 10.6 Å². The first-order valence-corrected chi connectivity index (χ1v) is 10.2. The van der Waals surface area contributed by atoms with Crippen LogP contribution in [-0.4, -0.2) is 53.5 Å². The predicted octanol–water partition coefficient (Wildman–Crippen LogP) is 1.68. The summed E-state index contributed by atoms with van der Waals surface area (Å²) in [7, 11) is -3.16. The maximum Gasteiger partial charge on any atom is 0.316 e. The van der Waals surface area contributed by atoms with E-state index in [0.717, 1.165) is 5.56 Å². The third kappa shape index (κ3) is 3.07. The molecule has 2 aromatic rings. The summed E-state index contributed by atoms with van der Waals surface area (Å²) < 4.78 is 43.2. The SMILES string of the molecule is O=S1(=O)CC[C@@H](COc2ncccn2)C12CN(Cc1ccc(F)cc1)C2. The quantitative estimate of drug-likeness (QED) is 0.790. The predicted molar refractivity (Wildman–Crippen MR) is 93.8 cm³/mol. The van der Waals surface area contributed by atoms with Gasteiger partial charge in [-0.25, -0.2) is 22.8 Å². The molecule has 8 heteroatoms. The summed E-state index contributed by atoms with van der Waals surface area (Å²) in [5, 5.41) is 0. The Bertz CT molecular complexity index is 868. The van der Waals surface area contributed by atoms with Crippen LogP contribution in [0.2, 0.25) is 0 Å². The van der Waals surface area contributed by atoms with E-state index in [1.807, 2.05) is 0 Å². The van der Waals surface area contributed by atoms with Crippen LogP contribution in [0.4, 0.5) is 4.39 Å². The van der Waals surface area contributed by atoms with Gasteiger partial charge in [0.25, 0.3) is 0 Å². The van der Waals surface area contributed by atoms with Crippen molar-refractivity contribution in [1.82, 2.24) is 14.9 Å². The molecule has 2 fully saturated rings. The van der Waals surface area contributed by atoms with Gasteiger partial charge in [-0.2, -0.15) is 0 Å². The van der Waals surface area contributed by atoms with Gasteiger partial charge in [-0.05, 0) is 30.2 Å². The number of halogens is 1. The number of rotatable bonds is 5. The highest BCUT2D eigenvalue weighted by Gasteiger charge is 2.61. The Morgan fingerprint density at radius 3 is 2.58 bits per heavy atom. The van der Waals surface area contributed by atoms with Crippen molar-refractivity contribution in [2.45, 2.75) is 17.7 Å². The number of nitrogens with zero attached hydrogens (tertiary/aromatic N) is 3. The lowest BCUT2D eigenvalue weighted by molar-refractivity contribution is 0.0572. The number of sulfone groups is 1. The van der Waals surface area contributed by atoms with Crippen LogP contribution in [0.1, 0.15) is 12.0 Å². The highest BCUT2D eigenvalue weighted by molar-refractivity contribution is 7.93. The van der Waals surface area contributed by atoms with Crippen molar-refractivity contribution in [1.29, 1.82) is 0 Å². The monoisotopic (exact) mass is 377 g/mol. The number of ether oxygens (including phenoxy) is 1. The van der Waals surface area contributed by atoms with Gasteiger partial charge in [0.05, 0.1) is 12.4 Å². The van der Waals surface area contributed by atoms with Gasteiger partial charge in [-0.1, -0.05) is 12.1 Å². The van der Waals surface area contributed by atoms with E-state index in [1.165, 1.54) is 12.1 Å². The Balaban J connectivity index is 1.42. The molecule has 1 aromatic carbocycles. The van der Waals surface area contributed by atoms with Crippen LogP contribution in [0.5, 0.6) is 6.01 Å². The zero-order valence-electron chi connectivity index (χ0n) is 14.2. The van der Waals surface area contributed by atoms with Crippen molar-refractivity contribution in [3.63, 3.8) is 0 Å². The minimum absolute atomic E-state index is 0.0687. The molecule has 4 rings (SSSR count). The molecule has 1 spiro atoms. The number of likely N-dealkylation sites (tertiary alicyclic amines) is 1. The van der Waals surface area contributed by atoms with Crippen LogP contribution < -0.4 is 4.74 Å². The molecular formula is C18H20FN3O3S. The molecule has 0 radical (unpaired) electrons. The third-order valence-corrected chi connectivity index (χ3v) is 7.96. The lowest BCUT2D eigenvalue weighted by Gasteiger charge is -2.50. The van der Waals surface area contributed by atoms with Gasteiger partial charge in [0, 0.05) is 37.9 Å². The van der Waals surface area contributed by atoms with Gasteiger partial charge in [0.2, 0.25) is 0 Å². The van der Waals surface area contributed by atoms with Gasteiger partial charge in [-0.3, -0.25) is 4.90 Å². The van der Waals surface area contributed by atoms with Gasteiger partial charge < -0.3 is 4.74 Å². The number of hydrogen-bond acceptors (Lipinski definition) is 6. The first-order valence-electron chi connectivity index (χ1n) is 8.57. The molecule has 0 aliphatic carbocycles. The molecule has 138 valence electrons. The minimum atomic E-state index is -3.16. The normalized spacial score (nSPS) is 23.7. The highest BCUT2D eigenvalue weighted by Crippen LogP contribution is 2.45. The summed E-state index contributed by atoms with van der Waals surface area (Å²) in [6.07, 6.45) is 3.79. The van der Waals surface area contributed by atoms with Gasteiger partial charge in [0.15, 0.2) is 9.84 Å². The van der Waals surface area contributed by atoms with Gasteiger partial charge in [-0.15, -0.1) is 0 Å². The number of aromatic nitrogens is 2. The average molecular weight is 377 g/mol. The molecule has 0 saturated carbocycles. The fraction of sp³-hybridized carbons (Fsp3) is 0.444. The summed E-state index contributed by atoms with van der Waals surface area (Å²) in [5.41, 5.74) is 0.974. The summed E-state index contributed by atoms with van der Waals surface area (Å²) in [5.74, 6) is -0.144. The van der Waals surface area contributed by atoms with Crippen LogP contribution in [0.25, 0.3) is 0 Å². The molecule has 0 unspecified atom stereocenters. The Hall–Kier alpha value is -2.06. The Morgan fingerprint density at radius 2 is 1.88 bits per heavy atom. The van der Waals surface area contributed by atoms with E-state index in [1.54, 1.807) is 30.6 Å². The minimum Gasteiger partial charge on any atom is -0.463 e. The molecule has 2 aliphatic rings. The molecule has 3 heterocycles. The smallest absolute Gasteiger partial charge is 0.316 e. The van der Waals surface area contributed by atoms with E-state index in [-0.39, 0.29) is 23.5 Å². The lowest BCUT2D eigenvalue weighted by Crippen LogP contribution is -2.67. The Labute approximate surface area is 151 Å². The molecule has 0 amide bonds. The van der Waals surface area contributed by atoms with E-state index in [2.05, 4.69) is 14.9 Å². The van der Waals surface area contributed by atoms with Crippen LogP contribution in [0, 0.1) is 11.7 Å². The fourth-order valence-corrected chi connectivity index (χ4v) is 6.37. The van der Waals surface area contributed by atoms with E-state index in [0.29, 0.717) is 32.7 Å². The van der Waals surface area contributed by atoms with Crippen molar-refractivity contribution in [2.24, 2.45) is 5.92 Å². The lowest BCUT2D eigenvalue weighted by atomic mass is 9.83. The molecule has 6 nitrogen and oxygen atoms in total. The molecule has 2 aliphatic heterocycles. The van der Waals surface area contributed by atoms with E-state index in [9.17, 15) is 12.8 Å². The molecule has 1 aromatic heterocycles. The Kier molecular flexibility index (Phi) is 4.40. The molecule has 0 N–H and O–H groups in total. The molecule has 0 bridgehead atoms. The average Bonchev–Trinajstić information content (AvgIpc) is 2.87. The fourth-order valence-electron chi connectivity index (χ4n) is 3.91. The van der Waals surface area contributed by atoms with Crippen molar-refractivity contribution >= 4 is 9.84 Å². The third-order valence-electron chi connectivity index (χ3n) is 5.36. The van der Waals surface area contributed by atoms with Crippen LogP contribution >= 0.6 is 0 Å². The van der Waals surface area contributed by atoms with Crippen molar-refractivity contribution in [3.8, 4) is 6.01 Å². The van der Waals surface area contributed by atoms with E-state index < -0.39 is 14.6 Å². The number of benzene rings is 1. The largest absolute Gasteiger partial charge is 0.463 e. The van der Waals surface area contributed by atoms with Crippen LogP contribution in [-0.2, 0) is 16.4 Å². The molecule has 2 saturated heterocycles. The topological polar surface area (TPSA) is 72.4 Å². The second-order valence-corrected chi connectivity index (χ2v) is 9.43. The van der Waals surface area contributed by atoms with Crippen molar-refractivity contribution in [3.05, 3.63) is 54.1 Å². The summed E-state index contributed by atoms with van der Waals surface area (Å²) in [6, 6.07) is 8.29. The first-order chi connectivity index (χ1) is 12.5. The van der Waals surface area contributed by atoms with Crippen molar-refractivity contribution < 1.29 is 17.5 Å². The van der Waals surface area contributed by atoms with E-state index in [4.69, 9.17) is 4.74 Å². The Morgan fingerprint density at radius 1 is 1.19 bits per heavy atom. The summed E-state index contributed by atoms with van der Waals surface area (Å²) >= 11 is 0. The second-order valence-electron chi connectivity index (χ2n) is 6.98. The summed E-state index contributed by atoms with van der Waals surface area (Å²) in [6.45, 7) is 1.88. The second kappa shape index (κ2) is 6.59. The van der Waals surface area contributed by atoms with Crippen LogP contribution in [0.15, 0.2) is 42.7 Å². The molecule has 1 atom stereocenters. The van der Waals surface area contributed by atoms with E-state index >= 15 is 0 Å². The zero-order chi connectivity index (χ0) is 18.2. The molecule has 26 heavy (non-hydrogen) atoms. The standard InChI is InChI=1S/C18H20FN3O3S/c19-16-4-2-14(3-5-16)10-22-12-18(13-22)15(6-9-26(18,23)24)11-25-17-20-7-1-8-21-17/h1-5,7-8,15H,6,9-13H2/t15-/m0/s1. The summed E-state index contributed by atoms with van der Waals surface area (Å²) in [4.78, 5) is 10.1. The highest BCUT2D eigenvalue weighted by atomic mass is 32.2. The number of hydrogen-bond donors (Lipinski definition) is 0. The maximum absolute atomic E-state index is 13.0. The van der Waals surface area contributed by atoms with Crippen molar-refractivity contribution in [2.75, 3.05) is 25.4 Å².